The Morgan fingerprint density at radius 2 is 1.88 bits per heavy atom. The number of aryl methyl sites for hydroxylation is 1. The number of aromatic nitrogens is 3. The fourth-order valence-corrected chi connectivity index (χ4v) is 4.87. The molecule has 0 N–H and O–H groups in total. The zero-order valence-corrected chi connectivity index (χ0v) is 19.2. The van der Waals surface area contributed by atoms with Gasteiger partial charge in [0.05, 0.1) is 11.7 Å². The zero-order valence-electron chi connectivity index (χ0n) is 19.2. The number of carbonyl (C=O) groups is 1. The number of hydrogen-bond donors (Lipinski definition) is 0. The highest BCUT2D eigenvalue weighted by atomic mass is 16.5. The van der Waals surface area contributed by atoms with Crippen LogP contribution in [-0.2, 0) is 11.3 Å². The summed E-state index contributed by atoms with van der Waals surface area (Å²) in [6, 6.07) is 14.1. The molecule has 2 aliphatic heterocycles. The monoisotopic (exact) mass is 445 g/mol. The van der Waals surface area contributed by atoms with E-state index < -0.39 is 0 Å². The van der Waals surface area contributed by atoms with Crippen LogP contribution < -0.4 is 4.74 Å². The van der Waals surface area contributed by atoms with Crippen molar-refractivity contribution in [3.05, 3.63) is 71.9 Å². The van der Waals surface area contributed by atoms with Crippen LogP contribution in [0, 0.1) is 6.92 Å². The molecular formula is C26H31N5O2. The molecule has 0 bridgehead atoms. The van der Waals surface area contributed by atoms with E-state index in [4.69, 9.17) is 9.72 Å². The largest absolute Gasteiger partial charge is 0.484 e. The molecular weight excluding hydrogens is 414 g/mol. The number of rotatable bonds is 7. The summed E-state index contributed by atoms with van der Waals surface area (Å²) in [5.41, 5.74) is 2.20. The quantitative estimate of drug-likeness (QED) is 0.552. The molecule has 0 saturated carbocycles. The van der Waals surface area contributed by atoms with E-state index in [1.165, 1.54) is 31.5 Å². The Morgan fingerprint density at radius 3 is 2.64 bits per heavy atom. The number of nitrogens with zero attached hydrogens (tertiary/aromatic N) is 5. The van der Waals surface area contributed by atoms with E-state index in [9.17, 15) is 4.79 Å². The summed E-state index contributed by atoms with van der Waals surface area (Å²) in [6.45, 7) is 6.09. The fourth-order valence-electron chi connectivity index (χ4n) is 4.87. The predicted octanol–water partition coefficient (Wildman–Crippen LogP) is 3.91. The van der Waals surface area contributed by atoms with E-state index in [0.29, 0.717) is 0 Å². The molecule has 172 valence electrons. The number of ether oxygens (including phenoxy) is 1. The van der Waals surface area contributed by atoms with Gasteiger partial charge in [0.1, 0.15) is 17.4 Å². The molecule has 3 aromatic rings. The third-order valence-electron chi connectivity index (χ3n) is 6.63. The lowest BCUT2D eigenvalue weighted by molar-refractivity contribution is -0.134. The van der Waals surface area contributed by atoms with Gasteiger partial charge in [0.2, 0.25) is 0 Å². The minimum atomic E-state index is -0.0206. The minimum absolute atomic E-state index is 0.00431. The summed E-state index contributed by atoms with van der Waals surface area (Å²) in [7, 11) is 0. The molecule has 2 aliphatic rings. The van der Waals surface area contributed by atoms with Crippen molar-refractivity contribution in [1.82, 2.24) is 24.3 Å². The van der Waals surface area contributed by atoms with Gasteiger partial charge in [-0.05, 0) is 75.5 Å². The van der Waals surface area contributed by atoms with E-state index in [0.717, 1.165) is 49.0 Å². The summed E-state index contributed by atoms with van der Waals surface area (Å²) in [5, 5.41) is 0. The van der Waals surface area contributed by atoms with Crippen molar-refractivity contribution in [2.45, 2.75) is 45.2 Å². The molecule has 2 aromatic heterocycles. The van der Waals surface area contributed by atoms with Crippen molar-refractivity contribution in [2.75, 3.05) is 26.2 Å². The Kier molecular flexibility index (Phi) is 6.39. The van der Waals surface area contributed by atoms with Crippen LogP contribution in [0.2, 0.25) is 0 Å². The van der Waals surface area contributed by atoms with Gasteiger partial charge >= 0.3 is 0 Å². The maximum absolute atomic E-state index is 13.0. The molecule has 0 radical (unpaired) electrons. The normalized spacial score (nSPS) is 18.7. The molecule has 2 fully saturated rings. The van der Waals surface area contributed by atoms with Crippen LogP contribution in [0.25, 0.3) is 5.82 Å². The van der Waals surface area contributed by atoms with Gasteiger partial charge in [0.25, 0.3) is 5.91 Å². The van der Waals surface area contributed by atoms with Gasteiger partial charge in [0, 0.05) is 25.5 Å². The molecule has 7 nitrogen and oxygen atoms in total. The molecule has 0 spiro atoms. The van der Waals surface area contributed by atoms with Gasteiger partial charge in [-0.2, -0.15) is 0 Å². The van der Waals surface area contributed by atoms with Gasteiger partial charge in [0.15, 0.2) is 6.61 Å². The summed E-state index contributed by atoms with van der Waals surface area (Å²) in [4.78, 5) is 26.5. The first kappa shape index (κ1) is 21.6. The van der Waals surface area contributed by atoms with Crippen LogP contribution in [-0.4, -0.2) is 56.5 Å². The lowest BCUT2D eigenvalue weighted by Crippen LogP contribution is -2.34. The molecule has 1 amide bonds. The van der Waals surface area contributed by atoms with Crippen LogP contribution in [0.4, 0.5) is 0 Å². The lowest BCUT2D eigenvalue weighted by atomic mass is 10.1. The van der Waals surface area contributed by atoms with Crippen molar-refractivity contribution in [1.29, 1.82) is 0 Å². The molecule has 1 aromatic carbocycles. The van der Waals surface area contributed by atoms with Gasteiger partial charge in [-0.1, -0.05) is 18.2 Å². The number of benzene rings is 1. The smallest absolute Gasteiger partial charge is 0.261 e. The number of amides is 1. The average molecular weight is 446 g/mol. The van der Waals surface area contributed by atoms with Crippen molar-refractivity contribution >= 4 is 5.91 Å². The Hall–Kier alpha value is -3.19. The zero-order chi connectivity index (χ0) is 22.6. The SMILES string of the molecule is Cc1nccn1-c1cccc(C2CCCN2C(=O)COc2ccc(CN3CCCC3)cc2)n1. The third-order valence-corrected chi connectivity index (χ3v) is 6.63. The first-order valence-corrected chi connectivity index (χ1v) is 11.9. The minimum Gasteiger partial charge on any atom is -0.484 e. The van der Waals surface area contributed by atoms with Crippen LogP contribution in [0.15, 0.2) is 54.9 Å². The summed E-state index contributed by atoms with van der Waals surface area (Å²) >= 11 is 0. The number of pyridine rings is 1. The van der Waals surface area contributed by atoms with Crippen molar-refractivity contribution in [3.63, 3.8) is 0 Å². The third kappa shape index (κ3) is 4.93. The molecule has 4 heterocycles. The summed E-state index contributed by atoms with van der Waals surface area (Å²) in [6.07, 6.45) is 8.15. The second-order valence-corrected chi connectivity index (χ2v) is 8.93. The molecule has 1 atom stereocenters. The van der Waals surface area contributed by atoms with Crippen molar-refractivity contribution in [3.8, 4) is 11.6 Å². The van der Waals surface area contributed by atoms with Crippen LogP contribution in [0.5, 0.6) is 5.75 Å². The Morgan fingerprint density at radius 1 is 1.06 bits per heavy atom. The van der Waals surface area contributed by atoms with Gasteiger partial charge < -0.3 is 9.64 Å². The maximum atomic E-state index is 13.0. The summed E-state index contributed by atoms with van der Waals surface area (Å²) < 4.78 is 7.81. The van der Waals surface area contributed by atoms with Gasteiger partial charge in [-0.15, -0.1) is 0 Å². The van der Waals surface area contributed by atoms with Crippen molar-refractivity contribution < 1.29 is 9.53 Å². The fraction of sp³-hybridized carbons (Fsp3) is 0.423. The first-order chi connectivity index (χ1) is 16.2. The van der Waals surface area contributed by atoms with E-state index in [2.05, 4.69) is 22.0 Å². The topological polar surface area (TPSA) is 63.5 Å². The van der Waals surface area contributed by atoms with Crippen LogP contribution in [0.3, 0.4) is 0 Å². The highest BCUT2D eigenvalue weighted by molar-refractivity contribution is 5.78. The predicted molar refractivity (Wildman–Crippen MR) is 126 cm³/mol. The number of likely N-dealkylation sites (tertiary alicyclic amines) is 2. The van der Waals surface area contributed by atoms with E-state index in [1.54, 1.807) is 6.20 Å². The number of carbonyl (C=O) groups excluding carboxylic acids is 1. The number of hydrogen-bond acceptors (Lipinski definition) is 5. The maximum Gasteiger partial charge on any atom is 0.261 e. The Labute approximate surface area is 195 Å². The highest BCUT2D eigenvalue weighted by Gasteiger charge is 2.31. The van der Waals surface area contributed by atoms with E-state index in [-0.39, 0.29) is 18.6 Å². The molecule has 1 unspecified atom stereocenters. The van der Waals surface area contributed by atoms with E-state index >= 15 is 0 Å². The van der Waals surface area contributed by atoms with Gasteiger partial charge in [-0.3, -0.25) is 14.3 Å². The molecule has 7 heteroatoms. The second kappa shape index (κ2) is 9.75. The average Bonchev–Trinajstić information content (AvgIpc) is 3.61. The van der Waals surface area contributed by atoms with Crippen LogP contribution in [0.1, 0.15) is 48.8 Å². The Bertz CT molecular complexity index is 1090. The first-order valence-electron chi connectivity index (χ1n) is 11.9. The van der Waals surface area contributed by atoms with Gasteiger partial charge in [-0.25, -0.2) is 9.97 Å². The standard InChI is InChI=1S/C26H31N5O2/c1-20-27-13-17-30(20)25-8-4-6-23(28-25)24-7-5-16-31(24)26(32)19-33-22-11-9-21(10-12-22)18-29-14-2-3-15-29/h4,6,8-13,17,24H,2-3,5,7,14-16,18-19H2,1H3. The van der Waals surface area contributed by atoms with E-state index in [1.807, 2.05) is 52.9 Å². The molecule has 0 aliphatic carbocycles. The highest BCUT2D eigenvalue weighted by Crippen LogP contribution is 2.31. The van der Waals surface area contributed by atoms with Crippen LogP contribution >= 0.6 is 0 Å². The molecule has 2 saturated heterocycles. The second-order valence-electron chi connectivity index (χ2n) is 8.93. The number of imidazole rings is 1. The molecule has 33 heavy (non-hydrogen) atoms. The lowest BCUT2D eigenvalue weighted by Gasteiger charge is -2.25. The summed E-state index contributed by atoms with van der Waals surface area (Å²) in [5.74, 6) is 2.45. The molecule has 5 rings (SSSR count). The van der Waals surface area contributed by atoms with Crippen molar-refractivity contribution in [2.24, 2.45) is 0 Å². The Balaban J connectivity index is 1.20.